The summed E-state index contributed by atoms with van der Waals surface area (Å²) in [4.78, 5) is 16.4. The van der Waals surface area contributed by atoms with Crippen LogP contribution in [0.1, 0.15) is 29.3 Å². The molecule has 0 aliphatic heterocycles. The van der Waals surface area contributed by atoms with Gasteiger partial charge in [-0.05, 0) is 53.3 Å². The smallest absolute Gasteiger partial charge is 0.194 e. The van der Waals surface area contributed by atoms with Crippen molar-refractivity contribution in [1.29, 1.82) is 0 Å². The molecular weight excluding hydrogens is 389 g/mol. The van der Waals surface area contributed by atoms with E-state index in [2.05, 4.69) is 27.6 Å². The van der Waals surface area contributed by atoms with E-state index in [9.17, 15) is 4.79 Å². The van der Waals surface area contributed by atoms with E-state index in [1.54, 1.807) is 24.4 Å². The van der Waals surface area contributed by atoms with E-state index in [0.29, 0.717) is 28.5 Å². The van der Waals surface area contributed by atoms with Crippen molar-refractivity contribution in [2.75, 3.05) is 6.61 Å². The Balaban J connectivity index is 2.26. The first-order valence-corrected chi connectivity index (χ1v) is 7.65. The van der Waals surface area contributed by atoms with Gasteiger partial charge in [0, 0.05) is 20.9 Å². The topological polar surface area (TPSA) is 39.2 Å². The summed E-state index contributed by atoms with van der Waals surface area (Å²) in [6, 6.07) is 6.96. The summed E-state index contributed by atoms with van der Waals surface area (Å²) < 4.78 is 6.40. The van der Waals surface area contributed by atoms with E-state index >= 15 is 0 Å². The van der Waals surface area contributed by atoms with Crippen molar-refractivity contribution >= 4 is 40.0 Å². The highest BCUT2D eigenvalue weighted by atomic mass is 127. The van der Waals surface area contributed by atoms with Crippen molar-refractivity contribution in [3.05, 3.63) is 56.4 Å². The van der Waals surface area contributed by atoms with Crippen LogP contribution in [0.25, 0.3) is 0 Å². The van der Waals surface area contributed by atoms with Crippen LogP contribution in [-0.2, 0) is 0 Å². The zero-order valence-electron chi connectivity index (χ0n) is 10.9. The highest BCUT2D eigenvalue weighted by molar-refractivity contribution is 14.1. The van der Waals surface area contributed by atoms with Crippen LogP contribution in [0.15, 0.2) is 36.7 Å². The van der Waals surface area contributed by atoms with Gasteiger partial charge in [0.05, 0.1) is 17.8 Å². The van der Waals surface area contributed by atoms with E-state index in [1.807, 2.05) is 13.0 Å². The van der Waals surface area contributed by atoms with Gasteiger partial charge in [-0.25, -0.2) is 0 Å². The van der Waals surface area contributed by atoms with Gasteiger partial charge in [0.1, 0.15) is 5.75 Å². The number of pyridine rings is 1. The Morgan fingerprint density at radius 3 is 2.80 bits per heavy atom. The van der Waals surface area contributed by atoms with Crippen LogP contribution in [0.4, 0.5) is 0 Å². The summed E-state index contributed by atoms with van der Waals surface area (Å²) in [5.74, 6) is 0.493. The number of rotatable bonds is 5. The van der Waals surface area contributed by atoms with E-state index < -0.39 is 0 Å². The third kappa shape index (κ3) is 3.70. The van der Waals surface area contributed by atoms with Crippen LogP contribution in [-0.4, -0.2) is 17.4 Å². The van der Waals surface area contributed by atoms with Gasteiger partial charge in [-0.1, -0.05) is 18.5 Å². The molecule has 0 radical (unpaired) electrons. The summed E-state index contributed by atoms with van der Waals surface area (Å²) >= 11 is 8.17. The molecule has 0 saturated heterocycles. The monoisotopic (exact) mass is 401 g/mol. The fourth-order valence-electron chi connectivity index (χ4n) is 1.65. The van der Waals surface area contributed by atoms with Crippen molar-refractivity contribution < 1.29 is 9.53 Å². The summed E-state index contributed by atoms with van der Waals surface area (Å²) in [6.07, 6.45) is 4.05. The molecule has 0 unspecified atom stereocenters. The number of nitrogens with zero attached hydrogens (tertiary/aromatic N) is 1. The first kappa shape index (κ1) is 15.3. The second-order valence-electron chi connectivity index (χ2n) is 4.22. The molecule has 0 N–H and O–H groups in total. The van der Waals surface area contributed by atoms with E-state index in [4.69, 9.17) is 16.3 Å². The lowest BCUT2D eigenvalue weighted by Crippen LogP contribution is -2.04. The summed E-state index contributed by atoms with van der Waals surface area (Å²) in [5, 5.41) is 0.572. The molecule has 0 saturated carbocycles. The van der Waals surface area contributed by atoms with Gasteiger partial charge in [-0.15, -0.1) is 0 Å². The fourth-order valence-corrected chi connectivity index (χ4v) is 2.16. The Morgan fingerprint density at radius 1 is 1.30 bits per heavy atom. The number of hydrogen-bond acceptors (Lipinski definition) is 3. The van der Waals surface area contributed by atoms with Crippen molar-refractivity contribution in [3.63, 3.8) is 0 Å². The largest absolute Gasteiger partial charge is 0.492 e. The molecule has 0 atom stereocenters. The number of carbonyl (C=O) groups is 1. The third-order valence-corrected chi connectivity index (χ3v) is 4.20. The number of halogens is 2. The maximum Gasteiger partial charge on any atom is 0.194 e. The number of hydrogen-bond donors (Lipinski definition) is 0. The van der Waals surface area contributed by atoms with Gasteiger partial charge in [-0.2, -0.15) is 0 Å². The molecule has 1 aromatic carbocycles. The molecule has 0 aliphatic carbocycles. The Kier molecular flexibility index (Phi) is 5.37. The minimum absolute atomic E-state index is 0.113. The van der Waals surface area contributed by atoms with Crippen LogP contribution in [0.5, 0.6) is 5.75 Å². The summed E-state index contributed by atoms with van der Waals surface area (Å²) in [5.41, 5.74) is 1.04. The van der Waals surface area contributed by atoms with Crippen molar-refractivity contribution in [2.24, 2.45) is 0 Å². The van der Waals surface area contributed by atoms with Gasteiger partial charge in [0.15, 0.2) is 5.78 Å². The first-order valence-electron chi connectivity index (χ1n) is 6.19. The van der Waals surface area contributed by atoms with Crippen LogP contribution in [0, 0.1) is 3.57 Å². The van der Waals surface area contributed by atoms with Gasteiger partial charge in [0.2, 0.25) is 0 Å². The van der Waals surface area contributed by atoms with E-state index in [1.165, 1.54) is 6.20 Å². The number of aromatic nitrogens is 1. The lowest BCUT2D eigenvalue weighted by molar-refractivity contribution is 0.103. The number of ketones is 1. The predicted octanol–water partition coefficient (Wildman–Crippen LogP) is 4.36. The van der Waals surface area contributed by atoms with Crippen molar-refractivity contribution in [1.82, 2.24) is 4.98 Å². The molecule has 0 amide bonds. The molecule has 5 heteroatoms. The molecule has 0 bridgehead atoms. The second kappa shape index (κ2) is 7.04. The average Bonchev–Trinajstić information content (AvgIpc) is 2.47. The molecule has 0 fully saturated rings. The standard InChI is InChI=1S/C15H13ClINO2/c1-2-5-20-12-6-11(8-18-9-12)15(19)10-3-4-14(17)13(16)7-10/h3-4,6-9H,2,5H2,1H3. The maximum absolute atomic E-state index is 12.4. The molecule has 2 rings (SSSR count). The lowest BCUT2D eigenvalue weighted by Gasteiger charge is -2.06. The molecule has 104 valence electrons. The van der Waals surface area contributed by atoms with Crippen LogP contribution >= 0.6 is 34.2 Å². The highest BCUT2D eigenvalue weighted by Crippen LogP contribution is 2.22. The zero-order valence-corrected chi connectivity index (χ0v) is 13.8. The Morgan fingerprint density at radius 2 is 2.10 bits per heavy atom. The Bertz CT molecular complexity index is 631. The van der Waals surface area contributed by atoms with Gasteiger partial charge < -0.3 is 4.74 Å². The molecular formula is C15H13ClINO2. The summed E-state index contributed by atoms with van der Waals surface area (Å²) in [7, 11) is 0. The molecule has 1 heterocycles. The molecule has 0 spiro atoms. The highest BCUT2D eigenvalue weighted by Gasteiger charge is 2.12. The molecule has 20 heavy (non-hydrogen) atoms. The van der Waals surface area contributed by atoms with Gasteiger partial charge in [0.25, 0.3) is 0 Å². The minimum atomic E-state index is -0.113. The van der Waals surface area contributed by atoms with Crippen LogP contribution < -0.4 is 4.74 Å². The molecule has 3 nitrogen and oxygen atoms in total. The average molecular weight is 402 g/mol. The number of ether oxygens (including phenoxy) is 1. The van der Waals surface area contributed by atoms with Crippen molar-refractivity contribution in [3.8, 4) is 5.75 Å². The Hall–Kier alpha value is -1.14. The normalized spacial score (nSPS) is 10.3. The van der Waals surface area contributed by atoms with Crippen LogP contribution in [0.2, 0.25) is 5.02 Å². The van der Waals surface area contributed by atoms with E-state index in [-0.39, 0.29) is 5.78 Å². The van der Waals surface area contributed by atoms with E-state index in [0.717, 1.165) is 9.99 Å². The van der Waals surface area contributed by atoms with Crippen molar-refractivity contribution in [2.45, 2.75) is 13.3 Å². The number of carbonyl (C=O) groups excluding carboxylic acids is 1. The lowest BCUT2D eigenvalue weighted by atomic mass is 10.1. The maximum atomic E-state index is 12.4. The third-order valence-electron chi connectivity index (χ3n) is 2.63. The zero-order chi connectivity index (χ0) is 14.5. The first-order chi connectivity index (χ1) is 9.61. The quantitative estimate of drug-likeness (QED) is 0.552. The summed E-state index contributed by atoms with van der Waals surface area (Å²) in [6.45, 7) is 2.63. The Labute approximate surface area is 136 Å². The molecule has 2 aromatic rings. The second-order valence-corrected chi connectivity index (χ2v) is 5.79. The molecule has 1 aromatic heterocycles. The fraction of sp³-hybridized carbons (Fsp3) is 0.200. The SMILES string of the molecule is CCCOc1cncc(C(=O)c2ccc(I)c(Cl)c2)c1. The minimum Gasteiger partial charge on any atom is -0.492 e. The predicted molar refractivity (Wildman–Crippen MR) is 87.6 cm³/mol. The van der Waals surface area contributed by atoms with Gasteiger partial charge in [-0.3, -0.25) is 9.78 Å². The van der Waals surface area contributed by atoms with Crippen LogP contribution in [0.3, 0.4) is 0 Å². The van der Waals surface area contributed by atoms with Gasteiger partial charge >= 0.3 is 0 Å². The molecule has 0 aliphatic rings. The number of benzene rings is 1.